The zero-order valence-corrected chi connectivity index (χ0v) is 10.8. The van der Waals surface area contributed by atoms with Crippen LogP contribution in [0.2, 0.25) is 0 Å². The molecule has 0 atom stereocenters. The minimum Gasteiger partial charge on any atom is -0.328 e. The van der Waals surface area contributed by atoms with Crippen LogP contribution in [0.5, 0.6) is 0 Å². The van der Waals surface area contributed by atoms with Crippen LogP contribution in [0.25, 0.3) is 11.4 Å². The summed E-state index contributed by atoms with van der Waals surface area (Å²) in [7, 11) is 0. The van der Waals surface area contributed by atoms with Crippen LogP contribution >= 0.6 is 0 Å². The van der Waals surface area contributed by atoms with E-state index in [9.17, 15) is 0 Å². The summed E-state index contributed by atoms with van der Waals surface area (Å²) in [5.41, 5.74) is 3.54. The van der Waals surface area contributed by atoms with E-state index in [4.69, 9.17) is 10.2 Å². The van der Waals surface area contributed by atoms with Gasteiger partial charge in [-0.1, -0.05) is 0 Å². The minimum absolute atomic E-state index is 0.541. The first-order valence-corrected chi connectivity index (χ1v) is 6.76. The van der Waals surface area contributed by atoms with Crippen molar-refractivity contribution in [2.75, 3.05) is 0 Å². The first-order chi connectivity index (χ1) is 9.40. The second-order valence-electron chi connectivity index (χ2n) is 4.83. The van der Waals surface area contributed by atoms with E-state index in [0.717, 1.165) is 36.5 Å². The maximum atomic E-state index is 8.76. The molecule has 0 saturated heterocycles. The van der Waals surface area contributed by atoms with Gasteiger partial charge in [-0.3, -0.25) is 4.98 Å². The van der Waals surface area contributed by atoms with Crippen molar-refractivity contribution in [3.63, 3.8) is 0 Å². The zero-order valence-electron chi connectivity index (χ0n) is 10.8. The van der Waals surface area contributed by atoms with E-state index < -0.39 is 0 Å². The number of nitriles is 1. The Morgan fingerprint density at radius 1 is 1.26 bits per heavy atom. The van der Waals surface area contributed by atoms with E-state index in [1.165, 1.54) is 18.5 Å². The molecule has 0 unspecified atom stereocenters. The highest BCUT2D eigenvalue weighted by molar-refractivity contribution is 5.56. The van der Waals surface area contributed by atoms with Crippen molar-refractivity contribution in [3.8, 4) is 17.5 Å². The average molecular weight is 252 g/mol. The minimum atomic E-state index is 0.541. The lowest BCUT2D eigenvalue weighted by atomic mass is 10.1. The first-order valence-electron chi connectivity index (χ1n) is 6.76. The Kier molecular flexibility index (Phi) is 3.28. The number of hydrogen-bond acceptors (Lipinski definition) is 3. The first kappa shape index (κ1) is 11.9. The number of fused-ring (bicyclic) bond motifs is 1. The fourth-order valence-corrected chi connectivity index (χ4v) is 2.71. The molecular weight excluding hydrogens is 236 g/mol. The molecule has 3 rings (SSSR count). The Labute approximate surface area is 112 Å². The van der Waals surface area contributed by atoms with Crippen LogP contribution in [0, 0.1) is 11.3 Å². The van der Waals surface area contributed by atoms with Gasteiger partial charge in [0.05, 0.1) is 11.8 Å². The molecule has 1 aliphatic rings. The van der Waals surface area contributed by atoms with E-state index in [0.29, 0.717) is 6.42 Å². The van der Waals surface area contributed by atoms with Crippen molar-refractivity contribution in [1.82, 2.24) is 14.5 Å². The monoisotopic (exact) mass is 252 g/mol. The molecule has 0 aliphatic carbocycles. The van der Waals surface area contributed by atoms with Crippen LogP contribution in [0.1, 0.15) is 30.7 Å². The van der Waals surface area contributed by atoms with Gasteiger partial charge in [-0.05, 0) is 31.4 Å². The van der Waals surface area contributed by atoms with Gasteiger partial charge in [-0.15, -0.1) is 0 Å². The molecule has 0 aromatic carbocycles. The average Bonchev–Trinajstić information content (AvgIpc) is 2.85. The number of aromatic nitrogens is 3. The second kappa shape index (κ2) is 5.23. The summed E-state index contributed by atoms with van der Waals surface area (Å²) in [6.07, 6.45) is 8.42. The lowest BCUT2D eigenvalue weighted by Gasteiger charge is -2.17. The fourth-order valence-electron chi connectivity index (χ4n) is 2.71. The predicted molar refractivity (Wildman–Crippen MR) is 72.3 cm³/mol. The Bertz CT molecular complexity index is 607. The predicted octanol–water partition coefficient (Wildman–Crippen LogP) is 2.74. The molecule has 19 heavy (non-hydrogen) atoms. The molecule has 2 aromatic rings. The lowest BCUT2D eigenvalue weighted by Crippen LogP contribution is -2.12. The number of pyridine rings is 1. The third-order valence-electron chi connectivity index (χ3n) is 3.61. The Morgan fingerprint density at radius 2 is 2.11 bits per heavy atom. The Balaban J connectivity index is 2.05. The van der Waals surface area contributed by atoms with Crippen molar-refractivity contribution < 1.29 is 0 Å². The molecule has 4 heteroatoms. The van der Waals surface area contributed by atoms with E-state index in [-0.39, 0.29) is 0 Å². The highest BCUT2D eigenvalue weighted by Crippen LogP contribution is 2.27. The summed E-state index contributed by atoms with van der Waals surface area (Å²) < 4.78 is 2.32. The number of rotatable bonds is 3. The molecule has 3 heterocycles. The van der Waals surface area contributed by atoms with Gasteiger partial charge in [0.25, 0.3) is 0 Å². The maximum absolute atomic E-state index is 8.76. The van der Waals surface area contributed by atoms with Crippen LogP contribution in [-0.4, -0.2) is 14.5 Å². The quantitative estimate of drug-likeness (QED) is 0.844. The summed E-state index contributed by atoms with van der Waals surface area (Å²) in [5.74, 6) is 1.03. The van der Waals surface area contributed by atoms with Crippen LogP contribution < -0.4 is 0 Å². The highest BCUT2D eigenvalue weighted by Gasteiger charge is 2.20. The van der Waals surface area contributed by atoms with Crippen molar-refractivity contribution in [3.05, 3.63) is 35.9 Å². The number of imidazole rings is 1. The molecule has 0 bridgehead atoms. The van der Waals surface area contributed by atoms with Crippen LogP contribution in [0.15, 0.2) is 24.5 Å². The summed E-state index contributed by atoms with van der Waals surface area (Å²) in [5, 5.41) is 8.76. The van der Waals surface area contributed by atoms with Gasteiger partial charge in [-0.25, -0.2) is 4.98 Å². The molecule has 96 valence electrons. The molecule has 2 aromatic heterocycles. The summed E-state index contributed by atoms with van der Waals surface area (Å²) in [4.78, 5) is 8.84. The number of aryl methyl sites for hydroxylation is 1. The van der Waals surface area contributed by atoms with E-state index in [1.807, 2.05) is 12.1 Å². The van der Waals surface area contributed by atoms with Gasteiger partial charge >= 0.3 is 0 Å². The van der Waals surface area contributed by atoms with Crippen molar-refractivity contribution >= 4 is 0 Å². The van der Waals surface area contributed by atoms with Crippen LogP contribution in [-0.2, 0) is 19.4 Å². The molecule has 0 amide bonds. The topological polar surface area (TPSA) is 54.5 Å². The molecule has 0 N–H and O–H groups in total. The molecule has 0 saturated carbocycles. The van der Waals surface area contributed by atoms with E-state index in [1.54, 1.807) is 12.4 Å². The van der Waals surface area contributed by atoms with Crippen LogP contribution in [0.3, 0.4) is 0 Å². The van der Waals surface area contributed by atoms with Crippen molar-refractivity contribution in [1.29, 1.82) is 5.26 Å². The van der Waals surface area contributed by atoms with Gasteiger partial charge in [0.2, 0.25) is 0 Å². The molecule has 0 radical (unpaired) electrons. The lowest BCUT2D eigenvalue weighted by molar-refractivity contribution is 0.533. The van der Waals surface area contributed by atoms with E-state index >= 15 is 0 Å². The smallest absolute Gasteiger partial charge is 0.140 e. The zero-order chi connectivity index (χ0) is 13.1. The van der Waals surface area contributed by atoms with Crippen LogP contribution in [0.4, 0.5) is 0 Å². The molecular formula is C15H16N4. The van der Waals surface area contributed by atoms with Gasteiger partial charge < -0.3 is 4.57 Å². The van der Waals surface area contributed by atoms with Crippen molar-refractivity contribution in [2.45, 2.75) is 38.6 Å². The molecule has 0 spiro atoms. The number of nitrogens with zero attached hydrogens (tertiary/aromatic N) is 4. The second-order valence-corrected chi connectivity index (χ2v) is 4.83. The summed E-state index contributed by atoms with van der Waals surface area (Å²) in [6.45, 7) is 1.03. The maximum Gasteiger partial charge on any atom is 0.140 e. The fraction of sp³-hybridized carbons (Fsp3) is 0.400. The molecule has 4 nitrogen and oxygen atoms in total. The standard InChI is InChI=1S/C15H16N4/c16-8-3-4-13-14-5-1-2-11-19(14)15(18-13)12-6-9-17-10-7-12/h6-7,9-10H,1-5,11H2. The SMILES string of the molecule is N#CCCc1nc(-c2ccncc2)n2c1CCCC2. The third kappa shape index (κ3) is 2.24. The normalized spacial score (nSPS) is 13.8. The summed E-state index contributed by atoms with van der Waals surface area (Å²) in [6, 6.07) is 6.21. The largest absolute Gasteiger partial charge is 0.328 e. The third-order valence-corrected chi connectivity index (χ3v) is 3.61. The summed E-state index contributed by atoms with van der Waals surface area (Å²) >= 11 is 0. The van der Waals surface area contributed by atoms with Gasteiger partial charge in [0, 0.05) is 43.0 Å². The number of hydrogen-bond donors (Lipinski definition) is 0. The van der Waals surface area contributed by atoms with Gasteiger partial charge in [0.1, 0.15) is 5.82 Å². The Hall–Kier alpha value is -2.15. The molecule has 0 fully saturated rings. The molecule has 1 aliphatic heterocycles. The van der Waals surface area contributed by atoms with Crippen molar-refractivity contribution in [2.24, 2.45) is 0 Å². The highest BCUT2D eigenvalue weighted by atomic mass is 15.1. The van der Waals surface area contributed by atoms with E-state index in [2.05, 4.69) is 15.6 Å². The Morgan fingerprint density at radius 3 is 2.89 bits per heavy atom. The van der Waals surface area contributed by atoms with Gasteiger partial charge in [-0.2, -0.15) is 5.26 Å². The van der Waals surface area contributed by atoms with Gasteiger partial charge in [0.15, 0.2) is 0 Å².